The lowest BCUT2D eigenvalue weighted by Gasteiger charge is -2.06. The fourth-order valence-corrected chi connectivity index (χ4v) is 3.10. The van der Waals surface area contributed by atoms with E-state index < -0.39 is 0 Å². The molecule has 0 atom stereocenters. The maximum Gasteiger partial charge on any atom is 0.105 e. The summed E-state index contributed by atoms with van der Waals surface area (Å²) in [5, 5.41) is 0.948. The molecule has 2 nitrogen and oxygen atoms in total. The zero-order chi connectivity index (χ0) is 16.1. The van der Waals surface area contributed by atoms with Gasteiger partial charge in [0.15, 0.2) is 0 Å². The van der Waals surface area contributed by atoms with Crippen LogP contribution in [0.25, 0.3) is 11.3 Å². The number of halogens is 1. The molecule has 3 aromatic rings. The van der Waals surface area contributed by atoms with Gasteiger partial charge in [-0.2, -0.15) is 0 Å². The highest BCUT2D eigenvalue weighted by atomic mass is 79.9. The summed E-state index contributed by atoms with van der Waals surface area (Å²) in [6.07, 6.45) is 3.91. The summed E-state index contributed by atoms with van der Waals surface area (Å²) in [4.78, 5) is 9.32. The first-order valence-corrected chi connectivity index (χ1v) is 9.19. The molecular weight excluding hydrogens is 368 g/mol. The first kappa shape index (κ1) is 16.0. The summed E-state index contributed by atoms with van der Waals surface area (Å²) in [5.74, 6) is 0. The molecule has 23 heavy (non-hydrogen) atoms. The van der Waals surface area contributed by atoms with Crippen molar-refractivity contribution in [2.45, 2.75) is 0 Å². The normalized spacial score (nSPS) is 11.5. The highest BCUT2D eigenvalue weighted by Gasteiger charge is 2.06. The average Bonchev–Trinajstić information content (AvgIpc) is 2.62. The van der Waals surface area contributed by atoms with Crippen molar-refractivity contribution in [3.8, 4) is 11.3 Å². The number of nitrogens with zero attached hydrogens (tertiary/aromatic N) is 2. The molecular formula is C19H15BrN2S. The molecule has 114 valence electrons. The molecule has 1 heterocycles. The van der Waals surface area contributed by atoms with Crippen molar-refractivity contribution >= 4 is 38.4 Å². The van der Waals surface area contributed by atoms with Gasteiger partial charge < -0.3 is 0 Å². The Morgan fingerprint density at radius 2 is 1.70 bits per heavy atom. The van der Waals surface area contributed by atoms with Crippen LogP contribution in [0, 0.1) is 0 Å². The summed E-state index contributed by atoms with van der Waals surface area (Å²) >= 11 is 5.15. The van der Waals surface area contributed by atoms with Gasteiger partial charge in [0.2, 0.25) is 0 Å². The van der Waals surface area contributed by atoms with Gasteiger partial charge in [-0.05, 0) is 46.5 Å². The summed E-state index contributed by atoms with van der Waals surface area (Å²) in [6, 6.07) is 22.2. The number of aromatic nitrogens is 1. The van der Waals surface area contributed by atoms with Gasteiger partial charge in [0.05, 0.1) is 11.4 Å². The van der Waals surface area contributed by atoms with Crippen LogP contribution >= 0.6 is 27.7 Å². The molecule has 4 heteroatoms. The van der Waals surface area contributed by atoms with Crippen molar-refractivity contribution in [1.29, 1.82) is 0 Å². The van der Waals surface area contributed by atoms with E-state index in [1.807, 2.05) is 61.0 Å². The summed E-state index contributed by atoms with van der Waals surface area (Å²) < 4.78 is 0.986. The Hall–Kier alpha value is -1.91. The third-order valence-corrected chi connectivity index (χ3v) is 4.73. The Bertz CT molecular complexity index is 814. The highest BCUT2D eigenvalue weighted by Crippen LogP contribution is 2.27. The fourth-order valence-electron chi connectivity index (χ4n) is 2.18. The van der Waals surface area contributed by atoms with Crippen molar-refractivity contribution in [1.82, 2.24) is 4.98 Å². The van der Waals surface area contributed by atoms with Crippen molar-refractivity contribution in [2.75, 3.05) is 6.26 Å². The highest BCUT2D eigenvalue weighted by molar-refractivity contribution is 9.10. The van der Waals surface area contributed by atoms with E-state index in [4.69, 9.17) is 4.99 Å². The number of benzene rings is 2. The Kier molecular flexibility index (Phi) is 5.26. The van der Waals surface area contributed by atoms with Crippen molar-refractivity contribution in [3.63, 3.8) is 0 Å². The van der Waals surface area contributed by atoms with Crippen molar-refractivity contribution in [3.05, 3.63) is 83.0 Å². The Morgan fingerprint density at radius 1 is 0.957 bits per heavy atom. The molecule has 0 saturated carbocycles. The number of hydrogen-bond acceptors (Lipinski definition) is 3. The summed E-state index contributed by atoms with van der Waals surface area (Å²) in [7, 11) is 0. The number of aliphatic imine (C=N–C) groups is 1. The monoisotopic (exact) mass is 382 g/mol. The number of pyridine rings is 1. The lowest BCUT2D eigenvalue weighted by atomic mass is 10.1. The Morgan fingerprint density at radius 3 is 2.35 bits per heavy atom. The van der Waals surface area contributed by atoms with E-state index >= 15 is 0 Å². The molecule has 1 aromatic heterocycles. The lowest BCUT2D eigenvalue weighted by molar-refractivity contribution is 1.31. The smallest absolute Gasteiger partial charge is 0.105 e. The van der Waals surface area contributed by atoms with Crippen LogP contribution in [-0.4, -0.2) is 16.3 Å². The second-order valence-corrected chi connectivity index (χ2v) is 6.52. The third-order valence-electron chi connectivity index (χ3n) is 3.35. The van der Waals surface area contributed by atoms with E-state index in [0.29, 0.717) is 0 Å². The molecule has 3 rings (SSSR count). The van der Waals surface area contributed by atoms with Gasteiger partial charge in [0, 0.05) is 21.8 Å². The maximum atomic E-state index is 4.74. The maximum absolute atomic E-state index is 4.74. The van der Waals surface area contributed by atoms with Gasteiger partial charge in [-0.15, -0.1) is 11.8 Å². The minimum Gasteiger partial charge on any atom is -0.256 e. The minimum absolute atomic E-state index is 0.920. The van der Waals surface area contributed by atoms with Crippen LogP contribution in [0.5, 0.6) is 0 Å². The molecule has 0 aliphatic carbocycles. The van der Waals surface area contributed by atoms with Crippen LogP contribution < -0.4 is 0 Å². The average molecular weight is 383 g/mol. The zero-order valence-corrected chi connectivity index (χ0v) is 15.0. The lowest BCUT2D eigenvalue weighted by Crippen LogP contribution is -1.96. The molecule has 0 aliphatic heterocycles. The molecule has 0 bridgehead atoms. The predicted molar refractivity (Wildman–Crippen MR) is 104 cm³/mol. The van der Waals surface area contributed by atoms with Gasteiger partial charge >= 0.3 is 0 Å². The van der Waals surface area contributed by atoms with Crippen LogP contribution in [0.3, 0.4) is 0 Å². The number of thioether (sulfide) groups is 1. The van der Waals surface area contributed by atoms with Crippen LogP contribution in [-0.2, 0) is 0 Å². The zero-order valence-electron chi connectivity index (χ0n) is 12.6. The molecule has 0 saturated heterocycles. The quantitative estimate of drug-likeness (QED) is 0.412. The first-order valence-electron chi connectivity index (χ1n) is 7.17. The number of hydrogen-bond donors (Lipinski definition) is 0. The molecule has 0 N–H and O–H groups in total. The molecule has 0 radical (unpaired) electrons. The van der Waals surface area contributed by atoms with Gasteiger partial charge in [-0.3, -0.25) is 4.98 Å². The largest absolute Gasteiger partial charge is 0.256 e. The minimum atomic E-state index is 0.920. The molecule has 0 aliphatic rings. The van der Waals surface area contributed by atoms with E-state index in [-0.39, 0.29) is 0 Å². The molecule has 0 spiro atoms. The van der Waals surface area contributed by atoms with E-state index in [1.54, 1.807) is 11.8 Å². The molecule has 0 unspecified atom stereocenters. The van der Waals surface area contributed by atoms with E-state index in [0.717, 1.165) is 32.0 Å². The van der Waals surface area contributed by atoms with Crippen LogP contribution in [0.15, 0.2) is 82.4 Å². The van der Waals surface area contributed by atoms with Gasteiger partial charge in [-0.1, -0.05) is 42.5 Å². The summed E-state index contributed by atoms with van der Waals surface area (Å²) in [5.41, 5.74) is 4.03. The van der Waals surface area contributed by atoms with E-state index in [9.17, 15) is 0 Å². The Labute approximate surface area is 148 Å². The SMILES string of the molecule is CSC(=Nc1ccccc1Br)c1ccc(-c2ccccc2)nc1. The molecule has 0 fully saturated rings. The number of rotatable bonds is 3. The number of para-hydroxylation sites is 1. The Balaban J connectivity index is 1.92. The van der Waals surface area contributed by atoms with E-state index in [1.165, 1.54) is 0 Å². The van der Waals surface area contributed by atoms with Crippen LogP contribution in [0.4, 0.5) is 5.69 Å². The fraction of sp³-hybridized carbons (Fsp3) is 0.0526. The molecule has 2 aromatic carbocycles. The van der Waals surface area contributed by atoms with Crippen molar-refractivity contribution < 1.29 is 0 Å². The standard InChI is InChI=1S/C19H15BrN2S/c1-23-19(22-18-10-6-5-9-16(18)20)15-11-12-17(21-13-15)14-7-3-2-4-8-14/h2-13H,1H3. The van der Waals surface area contributed by atoms with Gasteiger partial charge in [0.25, 0.3) is 0 Å². The summed E-state index contributed by atoms with van der Waals surface area (Å²) in [6.45, 7) is 0. The second-order valence-electron chi connectivity index (χ2n) is 4.87. The van der Waals surface area contributed by atoms with E-state index in [2.05, 4.69) is 39.1 Å². The predicted octanol–water partition coefficient (Wildman–Crippen LogP) is 5.95. The van der Waals surface area contributed by atoms with Crippen LogP contribution in [0.1, 0.15) is 5.56 Å². The second kappa shape index (κ2) is 7.57. The topological polar surface area (TPSA) is 25.2 Å². The molecule has 0 amide bonds. The first-order chi connectivity index (χ1) is 11.3. The van der Waals surface area contributed by atoms with Gasteiger partial charge in [0.1, 0.15) is 5.04 Å². The van der Waals surface area contributed by atoms with Crippen LogP contribution in [0.2, 0.25) is 0 Å². The third kappa shape index (κ3) is 3.89. The van der Waals surface area contributed by atoms with Gasteiger partial charge in [-0.25, -0.2) is 4.99 Å². The van der Waals surface area contributed by atoms with Crippen molar-refractivity contribution in [2.24, 2.45) is 4.99 Å².